The van der Waals surface area contributed by atoms with Crippen molar-refractivity contribution in [2.45, 2.75) is 12.5 Å². The van der Waals surface area contributed by atoms with Crippen LogP contribution in [0.2, 0.25) is 0 Å². The second-order valence-electron chi connectivity index (χ2n) is 7.07. The standard InChI is InChI=1S/C23H22N4OS/c1-25-19-12-13-27(15-19)20-8-6-18(7-9-20)26-23(28)22-11-10-21(29-22)17-4-2-16(14-24)3-5-17/h2-11,19,25H,12-13,15H2,1H3,(H,26,28). The van der Waals surface area contributed by atoms with Gasteiger partial charge in [-0.1, -0.05) is 12.1 Å². The van der Waals surface area contributed by atoms with Crippen molar-refractivity contribution in [2.24, 2.45) is 0 Å². The minimum atomic E-state index is -0.112. The summed E-state index contributed by atoms with van der Waals surface area (Å²) in [7, 11) is 2.00. The van der Waals surface area contributed by atoms with E-state index in [0.29, 0.717) is 16.5 Å². The number of likely N-dealkylation sites (N-methyl/N-ethyl adjacent to an activating group) is 1. The molecule has 29 heavy (non-hydrogen) atoms. The van der Waals surface area contributed by atoms with Crippen LogP contribution in [0.1, 0.15) is 21.7 Å². The second kappa shape index (κ2) is 8.48. The summed E-state index contributed by atoms with van der Waals surface area (Å²) in [6.45, 7) is 2.06. The molecule has 6 heteroatoms. The molecule has 1 atom stereocenters. The number of anilines is 2. The van der Waals surface area contributed by atoms with Gasteiger partial charge in [0.15, 0.2) is 0 Å². The first-order valence-electron chi connectivity index (χ1n) is 9.60. The van der Waals surface area contributed by atoms with Crippen molar-refractivity contribution in [3.8, 4) is 16.5 Å². The highest BCUT2D eigenvalue weighted by Crippen LogP contribution is 2.29. The lowest BCUT2D eigenvalue weighted by molar-refractivity contribution is 0.103. The number of hydrogen-bond acceptors (Lipinski definition) is 5. The summed E-state index contributed by atoms with van der Waals surface area (Å²) >= 11 is 1.44. The second-order valence-corrected chi connectivity index (χ2v) is 8.16. The molecule has 1 aliphatic heterocycles. The molecule has 0 aliphatic carbocycles. The lowest BCUT2D eigenvalue weighted by atomic mass is 10.1. The Morgan fingerprint density at radius 1 is 1.10 bits per heavy atom. The smallest absolute Gasteiger partial charge is 0.265 e. The van der Waals surface area contributed by atoms with Crippen LogP contribution in [-0.4, -0.2) is 32.1 Å². The van der Waals surface area contributed by atoms with Crippen molar-refractivity contribution in [3.63, 3.8) is 0 Å². The Morgan fingerprint density at radius 2 is 1.86 bits per heavy atom. The minimum Gasteiger partial charge on any atom is -0.370 e. The highest BCUT2D eigenvalue weighted by Gasteiger charge is 2.21. The molecule has 0 saturated carbocycles. The van der Waals surface area contributed by atoms with Gasteiger partial charge in [-0.05, 0) is 67.6 Å². The quantitative estimate of drug-likeness (QED) is 0.666. The number of amides is 1. The Bertz CT molecular complexity index is 1030. The SMILES string of the molecule is CNC1CCN(c2ccc(NC(=O)c3ccc(-c4ccc(C#N)cc4)s3)cc2)C1. The van der Waals surface area contributed by atoms with Crippen LogP contribution in [0.25, 0.3) is 10.4 Å². The highest BCUT2D eigenvalue weighted by atomic mass is 32.1. The Balaban J connectivity index is 1.40. The molecular formula is C23H22N4OS. The molecule has 3 aromatic rings. The fraction of sp³-hybridized carbons (Fsp3) is 0.217. The van der Waals surface area contributed by atoms with Gasteiger partial charge in [-0.15, -0.1) is 11.3 Å². The first kappa shape index (κ1) is 19.2. The van der Waals surface area contributed by atoms with E-state index in [2.05, 4.69) is 33.7 Å². The van der Waals surface area contributed by atoms with Crippen LogP contribution >= 0.6 is 11.3 Å². The third-order valence-electron chi connectivity index (χ3n) is 5.22. The van der Waals surface area contributed by atoms with Gasteiger partial charge in [0.25, 0.3) is 5.91 Å². The molecule has 1 amide bonds. The van der Waals surface area contributed by atoms with Gasteiger partial charge in [0.2, 0.25) is 0 Å². The van der Waals surface area contributed by atoms with Gasteiger partial charge in [0.1, 0.15) is 0 Å². The van der Waals surface area contributed by atoms with Crippen molar-refractivity contribution in [2.75, 3.05) is 30.4 Å². The molecule has 1 saturated heterocycles. The molecule has 0 bridgehead atoms. The van der Waals surface area contributed by atoms with E-state index in [0.717, 1.165) is 35.6 Å². The van der Waals surface area contributed by atoms with Gasteiger partial charge in [-0.25, -0.2) is 0 Å². The van der Waals surface area contributed by atoms with Crippen LogP contribution in [0.15, 0.2) is 60.7 Å². The summed E-state index contributed by atoms with van der Waals surface area (Å²) in [5, 5.41) is 15.2. The third-order valence-corrected chi connectivity index (χ3v) is 6.35. The first-order valence-corrected chi connectivity index (χ1v) is 10.4. The average molecular weight is 403 g/mol. The van der Waals surface area contributed by atoms with E-state index in [1.165, 1.54) is 17.0 Å². The zero-order valence-corrected chi connectivity index (χ0v) is 17.0. The van der Waals surface area contributed by atoms with Crippen LogP contribution in [0.5, 0.6) is 0 Å². The van der Waals surface area contributed by atoms with Crippen LogP contribution in [-0.2, 0) is 0 Å². The number of nitrogens with zero attached hydrogens (tertiary/aromatic N) is 2. The van der Waals surface area contributed by atoms with Gasteiger partial charge in [-0.2, -0.15) is 5.26 Å². The maximum atomic E-state index is 12.6. The highest BCUT2D eigenvalue weighted by molar-refractivity contribution is 7.17. The molecule has 5 nitrogen and oxygen atoms in total. The van der Waals surface area contributed by atoms with E-state index < -0.39 is 0 Å². The summed E-state index contributed by atoms with van der Waals surface area (Å²) in [6, 6.07) is 21.8. The normalized spacial score (nSPS) is 15.9. The van der Waals surface area contributed by atoms with E-state index in [1.807, 2.05) is 43.4 Å². The molecule has 1 fully saturated rings. The van der Waals surface area contributed by atoms with Gasteiger partial charge in [0.05, 0.1) is 16.5 Å². The number of thiophene rings is 1. The van der Waals surface area contributed by atoms with Gasteiger partial charge >= 0.3 is 0 Å². The van der Waals surface area contributed by atoms with Crippen molar-refractivity contribution in [1.29, 1.82) is 5.26 Å². The molecule has 1 aromatic heterocycles. The van der Waals surface area contributed by atoms with Crippen LogP contribution in [0, 0.1) is 11.3 Å². The zero-order valence-electron chi connectivity index (χ0n) is 16.2. The predicted molar refractivity (Wildman–Crippen MR) is 119 cm³/mol. The van der Waals surface area contributed by atoms with Gasteiger partial charge in [-0.3, -0.25) is 4.79 Å². The van der Waals surface area contributed by atoms with Crippen molar-refractivity contribution >= 4 is 28.6 Å². The van der Waals surface area contributed by atoms with E-state index in [-0.39, 0.29) is 5.91 Å². The summed E-state index contributed by atoms with van der Waals surface area (Å²) in [5.41, 5.74) is 3.60. The topological polar surface area (TPSA) is 68.2 Å². The zero-order chi connectivity index (χ0) is 20.2. The lowest BCUT2D eigenvalue weighted by Gasteiger charge is -2.19. The van der Waals surface area contributed by atoms with E-state index in [4.69, 9.17) is 5.26 Å². The van der Waals surface area contributed by atoms with E-state index in [9.17, 15) is 4.79 Å². The number of carbonyl (C=O) groups excluding carboxylic acids is 1. The first-order chi connectivity index (χ1) is 14.2. The molecule has 4 rings (SSSR count). The summed E-state index contributed by atoms with van der Waals surface area (Å²) in [5.74, 6) is -0.112. The maximum Gasteiger partial charge on any atom is 0.265 e. The molecule has 0 radical (unpaired) electrons. The van der Waals surface area contributed by atoms with E-state index in [1.54, 1.807) is 12.1 Å². The fourth-order valence-corrected chi connectivity index (χ4v) is 4.41. The van der Waals surface area contributed by atoms with Crippen molar-refractivity contribution in [3.05, 3.63) is 71.1 Å². The molecular weight excluding hydrogens is 380 g/mol. The lowest BCUT2D eigenvalue weighted by Crippen LogP contribution is -2.29. The molecule has 2 heterocycles. The summed E-state index contributed by atoms with van der Waals surface area (Å²) < 4.78 is 0. The average Bonchev–Trinajstić information content (AvgIpc) is 3.44. The van der Waals surface area contributed by atoms with Crippen molar-refractivity contribution in [1.82, 2.24) is 5.32 Å². The Morgan fingerprint density at radius 3 is 2.52 bits per heavy atom. The number of nitriles is 1. The number of nitrogens with one attached hydrogen (secondary N) is 2. The number of rotatable bonds is 5. The Kier molecular flexibility index (Phi) is 5.61. The number of carbonyl (C=O) groups is 1. The van der Waals surface area contributed by atoms with Gasteiger partial charge < -0.3 is 15.5 Å². The Labute approximate surface area is 174 Å². The molecule has 2 N–H and O–H groups in total. The van der Waals surface area contributed by atoms with Crippen LogP contribution in [0.3, 0.4) is 0 Å². The molecule has 146 valence electrons. The maximum absolute atomic E-state index is 12.6. The summed E-state index contributed by atoms with van der Waals surface area (Å²) in [6.07, 6.45) is 1.15. The van der Waals surface area contributed by atoms with Crippen molar-refractivity contribution < 1.29 is 4.79 Å². The Hall–Kier alpha value is -3.14. The fourth-order valence-electron chi connectivity index (χ4n) is 3.50. The minimum absolute atomic E-state index is 0.112. The number of hydrogen-bond donors (Lipinski definition) is 2. The molecule has 1 unspecified atom stereocenters. The molecule has 1 aliphatic rings. The largest absolute Gasteiger partial charge is 0.370 e. The predicted octanol–water partition coefficient (Wildman–Crippen LogP) is 4.34. The third kappa shape index (κ3) is 4.32. The summed E-state index contributed by atoms with van der Waals surface area (Å²) in [4.78, 5) is 16.6. The molecule has 2 aromatic carbocycles. The van der Waals surface area contributed by atoms with Gasteiger partial charge in [0, 0.05) is 35.4 Å². The van der Waals surface area contributed by atoms with E-state index >= 15 is 0 Å². The van der Waals surface area contributed by atoms with Crippen LogP contribution < -0.4 is 15.5 Å². The monoisotopic (exact) mass is 402 g/mol. The number of benzene rings is 2. The molecule has 0 spiro atoms. The van der Waals surface area contributed by atoms with Crippen LogP contribution in [0.4, 0.5) is 11.4 Å².